The molecule has 0 bridgehead atoms. The van der Waals surface area contributed by atoms with Crippen LogP contribution in [0, 0.1) is 6.92 Å². The predicted molar refractivity (Wildman–Crippen MR) is 137 cm³/mol. The van der Waals surface area contributed by atoms with Crippen LogP contribution in [0.3, 0.4) is 0 Å². The molecule has 1 heterocycles. The first kappa shape index (κ1) is 28.4. The summed E-state index contributed by atoms with van der Waals surface area (Å²) in [4.78, 5) is 39.9. The minimum atomic E-state index is -4.68. The number of aliphatic hydroxyl groups excluding tert-OH is 1. The number of carbonyl (C=O) groups excluding carboxylic acids is 1. The number of phosphoric ester groups is 1. The molecule has 5 N–H and O–H groups in total. The molecule has 2 aromatic rings. The van der Waals surface area contributed by atoms with Crippen LogP contribution >= 0.6 is 19.2 Å². The molecule has 0 saturated carbocycles. The van der Waals surface area contributed by atoms with Crippen LogP contribution in [0.4, 0.5) is 5.82 Å². The van der Waals surface area contributed by atoms with Crippen LogP contribution in [0.2, 0.25) is 0 Å². The SMILES string of the molecule is COc1ccc(/C=C/C(O)=[SH]\C(CCOP(=O)(O)O)=C(\C)N(C=O)Cc2cnc(C)nc2N)cc1. The molecule has 0 aliphatic heterocycles. The summed E-state index contributed by atoms with van der Waals surface area (Å²) in [6, 6.07) is 7.20. The number of aliphatic hydroxyl groups is 1. The fourth-order valence-electron chi connectivity index (χ4n) is 2.86. The van der Waals surface area contributed by atoms with Gasteiger partial charge < -0.3 is 30.3 Å². The Morgan fingerprint density at radius 2 is 1.97 bits per heavy atom. The van der Waals surface area contributed by atoms with Gasteiger partial charge in [0, 0.05) is 28.8 Å². The Kier molecular flexibility index (Phi) is 10.8. The zero-order chi connectivity index (χ0) is 26.0. The van der Waals surface area contributed by atoms with Crippen molar-refractivity contribution in [1.82, 2.24) is 14.9 Å². The lowest BCUT2D eigenvalue weighted by Crippen LogP contribution is -2.22. The van der Waals surface area contributed by atoms with Gasteiger partial charge in [0.05, 0.1) is 25.3 Å². The van der Waals surface area contributed by atoms with Crippen LogP contribution in [-0.2, 0) is 20.4 Å². The number of aryl methyl sites for hydroxylation is 1. The lowest BCUT2D eigenvalue weighted by Gasteiger charge is -2.21. The third-order valence-electron chi connectivity index (χ3n) is 4.72. The quantitative estimate of drug-likeness (QED) is 0.0915. The van der Waals surface area contributed by atoms with Crippen molar-refractivity contribution in [2.75, 3.05) is 19.5 Å². The van der Waals surface area contributed by atoms with E-state index in [4.69, 9.17) is 20.3 Å². The standard InChI is InChI=1S/C22H29N4O7PS/c1-15(26(14-27)13-18-12-24-16(2)25-22(18)23)20(10-11-33-34(29,30)31)35-21(28)9-6-17-4-7-19(32-3)8-5-17/h4-9,12,14,28,35H,10-11,13H2,1-3H3,(H2,23,24,25)(H2,29,30,31)/b9-6+,20-15-. The number of hydrogen-bond acceptors (Lipinski definition) is 7. The Bertz CT molecular complexity index is 1160. The van der Waals surface area contributed by atoms with E-state index in [9.17, 15) is 14.5 Å². The molecule has 0 fully saturated rings. The number of aromatic nitrogens is 2. The maximum atomic E-state index is 11.9. The highest BCUT2D eigenvalue weighted by atomic mass is 32.1. The second-order valence-corrected chi connectivity index (χ2v) is 9.70. The van der Waals surface area contributed by atoms with E-state index in [1.807, 2.05) is 12.1 Å². The molecule has 0 atom stereocenters. The molecule has 13 heteroatoms. The van der Waals surface area contributed by atoms with Crippen molar-refractivity contribution < 1.29 is 33.5 Å². The monoisotopic (exact) mass is 524 g/mol. The number of allylic oxidation sites excluding steroid dienone is 1. The molecule has 190 valence electrons. The van der Waals surface area contributed by atoms with Crippen molar-refractivity contribution in [3.8, 4) is 5.75 Å². The number of nitrogen functional groups attached to an aromatic ring is 1. The van der Waals surface area contributed by atoms with E-state index in [-0.39, 0.29) is 30.4 Å². The van der Waals surface area contributed by atoms with Gasteiger partial charge in [0.2, 0.25) is 6.41 Å². The largest absolute Gasteiger partial charge is 0.497 e. The summed E-state index contributed by atoms with van der Waals surface area (Å²) in [5.41, 5.74) is 7.75. The highest BCUT2D eigenvalue weighted by molar-refractivity contribution is 8.02. The maximum Gasteiger partial charge on any atom is 0.469 e. The maximum absolute atomic E-state index is 11.9. The molecule has 0 spiro atoms. The van der Waals surface area contributed by atoms with Crippen molar-refractivity contribution >= 4 is 42.5 Å². The van der Waals surface area contributed by atoms with Gasteiger partial charge in [-0.1, -0.05) is 18.2 Å². The average Bonchev–Trinajstić information content (AvgIpc) is 2.81. The number of anilines is 1. The Morgan fingerprint density at radius 3 is 2.54 bits per heavy atom. The van der Waals surface area contributed by atoms with E-state index < -0.39 is 7.82 Å². The molecular formula is C22H29N4O7PS. The lowest BCUT2D eigenvalue weighted by molar-refractivity contribution is -0.116. The number of methoxy groups -OCH3 is 1. The smallest absolute Gasteiger partial charge is 0.469 e. The lowest BCUT2D eigenvalue weighted by atomic mass is 10.2. The summed E-state index contributed by atoms with van der Waals surface area (Å²) in [7, 11) is -3.11. The molecule has 2 rings (SSSR count). The molecule has 0 radical (unpaired) electrons. The number of nitrogens with two attached hydrogens (primary N) is 1. The number of carbonyl (C=O) groups is 1. The van der Waals surface area contributed by atoms with E-state index in [0.717, 1.165) is 5.56 Å². The zero-order valence-electron chi connectivity index (χ0n) is 19.5. The molecule has 1 amide bonds. The van der Waals surface area contributed by atoms with Gasteiger partial charge in [-0.15, -0.1) is 11.4 Å². The zero-order valence-corrected chi connectivity index (χ0v) is 21.3. The van der Waals surface area contributed by atoms with Crippen molar-refractivity contribution in [2.45, 2.75) is 26.8 Å². The molecule has 1 aromatic carbocycles. The Labute approximate surface area is 207 Å². The molecule has 0 unspecified atom stereocenters. The predicted octanol–water partition coefficient (Wildman–Crippen LogP) is 2.93. The molecule has 1 aromatic heterocycles. The number of thiol groups is 1. The first-order valence-electron chi connectivity index (χ1n) is 10.3. The topological polar surface area (TPSA) is 168 Å². The first-order valence-corrected chi connectivity index (χ1v) is 12.7. The fourth-order valence-corrected chi connectivity index (χ4v) is 4.11. The van der Waals surface area contributed by atoms with Crippen LogP contribution in [0.25, 0.3) is 6.08 Å². The van der Waals surface area contributed by atoms with E-state index in [0.29, 0.717) is 45.5 Å². The van der Waals surface area contributed by atoms with Crippen molar-refractivity contribution in [2.24, 2.45) is 0 Å². The van der Waals surface area contributed by atoms with Gasteiger partial charge in [0.15, 0.2) is 0 Å². The van der Waals surface area contributed by atoms with Gasteiger partial charge in [-0.3, -0.25) is 9.32 Å². The summed E-state index contributed by atoms with van der Waals surface area (Å²) in [5, 5.41) is 10.5. The third-order valence-corrected chi connectivity index (χ3v) is 6.44. The summed E-state index contributed by atoms with van der Waals surface area (Å²) in [6.45, 7) is 3.10. The second-order valence-electron chi connectivity index (χ2n) is 7.24. The number of amides is 1. The summed E-state index contributed by atoms with van der Waals surface area (Å²) < 4.78 is 20.8. The van der Waals surface area contributed by atoms with Crippen molar-refractivity contribution in [3.63, 3.8) is 0 Å². The Morgan fingerprint density at radius 1 is 1.29 bits per heavy atom. The molecule has 0 saturated heterocycles. The number of ether oxygens (including phenoxy) is 1. The number of rotatable bonds is 12. The van der Waals surface area contributed by atoms with E-state index in [2.05, 4.69) is 14.5 Å². The van der Waals surface area contributed by atoms with E-state index in [1.54, 1.807) is 39.2 Å². The minimum Gasteiger partial charge on any atom is -0.497 e. The third kappa shape index (κ3) is 9.73. The van der Waals surface area contributed by atoms with Gasteiger partial charge in [0.25, 0.3) is 0 Å². The highest BCUT2D eigenvalue weighted by Gasteiger charge is 2.16. The van der Waals surface area contributed by atoms with Gasteiger partial charge >= 0.3 is 7.82 Å². The number of phosphoric acid groups is 1. The van der Waals surface area contributed by atoms with Gasteiger partial charge in [-0.05, 0) is 37.6 Å². The van der Waals surface area contributed by atoms with Crippen LogP contribution < -0.4 is 10.5 Å². The molecule has 11 nitrogen and oxygen atoms in total. The van der Waals surface area contributed by atoms with Crippen LogP contribution in [0.5, 0.6) is 5.75 Å². The van der Waals surface area contributed by atoms with E-state index in [1.165, 1.54) is 17.2 Å². The molecule has 0 aliphatic rings. The van der Waals surface area contributed by atoms with E-state index >= 15 is 0 Å². The first-order chi connectivity index (χ1) is 16.5. The molecular weight excluding hydrogens is 495 g/mol. The minimum absolute atomic E-state index is 0.0448. The van der Waals surface area contributed by atoms with Crippen LogP contribution in [-0.4, -0.2) is 54.9 Å². The fraction of sp³-hybridized carbons (Fsp3) is 0.273. The summed E-state index contributed by atoms with van der Waals surface area (Å²) in [6.07, 6.45) is 5.36. The number of benzene rings is 1. The normalized spacial score (nSPS) is 13.3. The van der Waals surface area contributed by atoms with Crippen molar-refractivity contribution in [3.05, 3.63) is 64.1 Å². The molecule has 35 heavy (non-hydrogen) atoms. The number of hydrogen-bond donors (Lipinski definition) is 5. The van der Waals surface area contributed by atoms with Crippen LogP contribution in [0.1, 0.15) is 30.3 Å². The Hall–Kier alpha value is -2.86. The highest BCUT2D eigenvalue weighted by Crippen LogP contribution is 2.36. The van der Waals surface area contributed by atoms with Gasteiger partial charge in [-0.25, -0.2) is 14.5 Å². The number of nitrogens with zero attached hydrogens (tertiary/aromatic N) is 3. The summed E-state index contributed by atoms with van der Waals surface area (Å²) >= 11 is 0.326. The van der Waals surface area contributed by atoms with Gasteiger partial charge in [0.1, 0.15) is 17.4 Å². The summed E-state index contributed by atoms with van der Waals surface area (Å²) in [5.74, 6) is 1.43. The molecule has 0 aliphatic carbocycles. The van der Waals surface area contributed by atoms with Crippen molar-refractivity contribution in [1.29, 1.82) is 0 Å². The second kappa shape index (κ2) is 13.3. The van der Waals surface area contributed by atoms with Gasteiger partial charge in [-0.2, -0.15) is 0 Å². The van der Waals surface area contributed by atoms with Crippen LogP contribution in [0.15, 0.2) is 47.1 Å². The average molecular weight is 525 g/mol. The Balaban J connectivity index is 2.33.